The van der Waals surface area contributed by atoms with Gasteiger partial charge in [0.1, 0.15) is 0 Å². The number of nitrogens with zero attached hydrogens (tertiary/aromatic N) is 2. The summed E-state index contributed by atoms with van der Waals surface area (Å²) in [6, 6.07) is 43.1. The number of hydrogen-bond donors (Lipinski definition) is 0. The second-order valence-corrected chi connectivity index (χ2v) is 18.2. The molecule has 4 aromatic carbocycles. The molecule has 4 nitrogen and oxygen atoms in total. The molecule has 0 aliphatic carbocycles. The molecule has 0 spiro atoms. The summed E-state index contributed by atoms with van der Waals surface area (Å²) in [7, 11) is -5.30. The molecule has 0 atom stereocenters. The van der Waals surface area contributed by atoms with Crippen molar-refractivity contribution < 1.29 is 28.5 Å². The second kappa shape index (κ2) is 12.9. The van der Waals surface area contributed by atoms with E-state index in [9.17, 15) is 8.42 Å². The first-order valence-electron chi connectivity index (χ1n) is 14.1. The topological polar surface area (TPSA) is 59.9 Å². The molecule has 1 aliphatic rings. The minimum atomic E-state index is -3.62. The summed E-state index contributed by atoms with van der Waals surface area (Å²) < 4.78 is 26.8. The summed E-state index contributed by atoms with van der Waals surface area (Å²) in [5.74, 6) is 0. The van der Waals surface area contributed by atoms with Gasteiger partial charge in [0.25, 0.3) is 0 Å². The Kier molecular flexibility index (Phi) is 9.23. The fraction of sp³-hybridized carbons (Fsp3) is 0.0811. The van der Waals surface area contributed by atoms with Gasteiger partial charge in [0.15, 0.2) is 9.84 Å². The zero-order valence-corrected chi connectivity index (χ0v) is 28.8. The molecule has 221 valence electrons. The van der Waals surface area contributed by atoms with Crippen molar-refractivity contribution in [2.75, 3.05) is 0 Å². The van der Waals surface area contributed by atoms with E-state index >= 15 is 0 Å². The summed E-state index contributed by atoms with van der Waals surface area (Å²) in [4.78, 5) is 9.63. The average Bonchev–Trinajstić information content (AvgIpc) is 3.28. The molecule has 44 heavy (non-hydrogen) atoms. The molecule has 7 heteroatoms. The van der Waals surface area contributed by atoms with E-state index in [0.717, 1.165) is 33.5 Å². The second-order valence-electron chi connectivity index (χ2n) is 11.3. The molecule has 1 aliphatic heterocycles. The Morgan fingerprint density at radius 3 is 2.09 bits per heavy atom. The largest absolute Gasteiger partial charge is 0.305 e. The zero-order valence-electron chi connectivity index (χ0n) is 24.6. The molecule has 2 aromatic heterocycles. The molecule has 0 amide bonds. The van der Waals surface area contributed by atoms with Crippen LogP contribution < -0.4 is 5.19 Å². The molecule has 0 saturated heterocycles. The first-order chi connectivity index (χ1) is 20.7. The number of aromatic nitrogens is 2. The van der Waals surface area contributed by atoms with Gasteiger partial charge in [0.2, 0.25) is 0 Å². The van der Waals surface area contributed by atoms with Crippen LogP contribution in [0.25, 0.3) is 44.8 Å². The maximum atomic E-state index is 13.4. The van der Waals surface area contributed by atoms with Gasteiger partial charge >= 0.3 is 0 Å². The van der Waals surface area contributed by atoms with E-state index in [1.807, 2.05) is 91.1 Å². The van der Waals surface area contributed by atoms with Gasteiger partial charge in [-0.25, -0.2) is 8.42 Å². The van der Waals surface area contributed by atoms with E-state index in [2.05, 4.69) is 48.9 Å². The van der Waals surface area contributed by atoms with E-state index in [0.29, 0.717) is 21.0 Å². The molecule has 6 aromatic rings. The molecule has 3 heterocycles. The number of hydrogen-bond acceptors (Lipinski definition) is 4. The van der Waals surface area contributed by atoms with Gasteiger partial charge in [-0.2, -0.15) is 0 Å². The van der Waals surface area contributed by atoms with Crippen LogP contribution in [0.15, 0.2) is 137 Å². The van der Waals surface area contributed by atoms with Crippen molar-refractivity contribution in [3.63, 3.8) is 0 Å². The van der Waals surface area contributed by atoms with E-state index < -0.39 is 17.9 Å². The Bertz CT molecular complexity index is 1980. The van der Waals surface area contributed by atoms with Gasteiger partial charge in [0.05, 0.1) is 13.0 Å². The number of benzene rings is 4. The summed E-state index contributed by atoms with van der Waals surface area (Å²) >= 11 is 0. The number of sulfone groups is 1. The molecule has 0 unspecified atom stereocenters. The van der Waals surface area contributed by atoms with E-state index in [-0.39, 0.29) is 20.1 Å². The quantitative estimate of drug-likeness (QED) is 0.134. The summed E-state index contributed by atoms with van der Waals surface area (Å²) in [5.41, 5.74) is 6.88. The first-order valence-corrected chi connectivity index (χ1v) is 19.1. The van der Waals surface area contributed by atoms with E-state index in [1.54, 1.807) is 24.4 Å². The van der Waals surface area contributed by atoms with Gasteiger partial charge in [-0.15, -0.1) is 59.7 Å². The SMILES string of the molecule is C[Si](C)(C)c1cnc(-c2[c-]ccc3c2S(=O)(=O)c2ccccc2-3)cc1-c1ccccc1.[Ir].[c-]1ccccc1-c1ccccn1. The molecule has 0 bridgehead atoms. The van der Waals surface area contributed by atoms with Crippen LogP contribution in [0.5, 0.6) is 0 Å². The van der Waals surface area contributed by atoms with Crippen LogP contribution in [-0.4, -0.2) is 26.5 Å². The first kappa shape index (κ1) is 31.4. The summed E-state index contributed by atoms with van der Waals surface area (Å²) in [6.45, 7) is 6.89. The fourth-order valence-electron chi connectivity index (χ4n) is 5.32. The zero-order chi connectivity index (χ0) is 30.0. The van der Waals surface area contributed by atoms with Crippen LogP contribution in [0.2, 0.25) is 19.6 Å². The Hall–Kier alpha value is -4.00. The van der Waals surface area contributed by atoms with Gasteiger partial charge in [0, 0.05) is 32.5 Å². The molecule has 0 N–H and O–H groups in total. The van der Waals surface area contributed by atoms with Gasteiger partial charge in [-0.1, -0.05) is 91.9 Å². The maximum Gasteiger partial charge on any atom is 0.173 e. The van der Waals surface area contributed by atoms with Gasteiger partial charge in [-0.3, -0.25) is 0 Å². The smallest absolute Gasteiger partial charge is 0.173 e. The summed E-state index contributed by atoms with van der Waals surface area (Å²) in [6.07, 6.45) is 3.72. The molecule has 0 fully saturated rings. The Labute approximate surface area is 274 Å². The maximum absolute atomic E-state index is 13.4. The number of fused-ring (bicyclic) bond motifs is 3. The van der Waals surface area contributed by atoms with Gasteiger partial charge < -0.3 is 9.97 Å². The third-order valence-electron chi connectivity index (χ3n) is 7.39. The molecular formula is C37H30IrN2O2SSi-2. The third kappa shape index (κ3) is 6.14. The predicted octanol–water partition coefficient (Wildman–Crippen LogP) is 8.12. The Balaban J connectivity index is 0.000000248. The Morgan fingerprint density at radius 2 is 1.39 bits per heavy atom. The van der Waals surface area contributed by atoms with Crippen molar-refractivity contribution in [1.82, 2.24) is 9.97 Å². The number of pyridine rings is 2. The monoisotopic (exact) mass is 787 g/mol. The van der Waals surface area contributed by atoms with E-state index in [1.165, 1.54) is 5.19 Å². The summed E-state index contributed by atoms with van der Waals surface area (Å²) in [5, 5.41) is 1.25. The minimum absolute atomic E-state index is 0. The van der Waals surface area contributed by atoms with Crippen molar-refractivity contribution in [3.05, 3.63) is 140 Å². The molecule has 7 rings (SSSR count). The van der Waals surface area contributed by atoms with Crippen molar-refractivity contribution in [2.24, 2.45) is 0 Å². The van der Waals surface area contributed by atoms with E-state index in [4.69, 9.17) is 4.98 Å². The van der Waals surface area contributed by atoms with Crippen LogP contribution in [0.1, 0.15) is 0 Å². The van der Waals surface area contributed by atoms with Crippen molar-refractivity contribution in [3.8, 4) is 44.8 Å². The van der Waals surface area contributed by atoms with Crippen LogP contribution >= 0.6 is 0 Å². The van der Waals surface area contributed by atoms with Crippen LogP contribution in [0.3, 0.4) is 0 Å². The van der Waals surface area contributed by atoms with Crippen LogP contribution in [0, 0.1) is 12.1 Å². The molecular weight excluding hydrogens is 757 g/mol. The van der Waals surface area contributed by atoms with Crippen molar-refractivity contribution >= 4 is 23.1 Å². The Morgan fingerprint density at radius 1 is 0.659 bits per heavy atom. The molecule has 0 saturated carbocycles. The normalized spacial score (nSPS) is 12.6. The fourth-order valence-corrected chi connectivity index (χ4v) is 8.64. The standard InChI is InChI=1S/C26H22NO2SSi.C11H8N.Ir/c1-31(2,3)25-17-27-23(16-22(25)18-10-5-4-6-11-18)21-14-9-13-20-19-12-7-8-15-24(19)30(28,29)26(20)21;1-2-6-10(7-3-1)11-8-4-5-9-12-11;/h4-13,15-17H,1-3H3;1-6,8-9H;/q2*-1;. The minimum Gasteiger partial charge on any atom is -0.305 e. The van der Waals surface area contributed by atoms with Crippen molar-refractivity contribution in [1.29, 1.82) is 0 Å². The molecule has 1 radical (unpaired) electrons. The third-order valence-corrected chi connectivity index (χ3v) is 11.3. The van der Waals surface area contributed by atoms with Crippen molar-refractivity contribution in [2.45, 2.75) is 29.4 Å². The van der Waals surface area contributed by atoms with Gasteiger partial charge in [-0.05, 0) is 50.3 Å². The number of rotatable bonds is 4. The average molecular weight is 787 g/mol. The van der Waals surface area contributed by atoms with Crippen LogP contribution in [0.4, 0.5) is 0 Å². The predicted molar refractivity (Wildman–Crippen MR) is 176 cm³/mol. The van der Waals surface area contributed by atoms with Crippen LogP contribution in [-0.2, 0) is 29.9 Å².